The molecule has 2 aromatic rings. The lowest BCUT2D eigenvalue weighted by molar-refractivity contribution is 0.0693. The molecule has 0 bridgehead atoms. The second-order valence-corrected chi connectivity index (χ2v) is 5.25. The summed E-state index contributed by atoms with van der Waals surface area (Å²) >= 11 is 0. The van der Waals surface area contributed by atoms with Crippen LogP contribution in [0, 0.1) is 0 Å². The standard InChI is InChI=1S/C17H12N2O3/c20-15-10-4-2-1-3-9(10)13-11(16-18-7-8-19-16)5-6-12(14(13)15)17(21)22/h1-6H,7-8H2,(H,18,19)(H,21,22). The lowest BCUT2D eigenvalue weighted by Crippen LogP contribution is -2.21. The maximum atomic E-state index is 12.7. The molecular formula is C17H12N2O3. The molecule has 0 fully saturated rings. The quantitative estimate of drug-likeness (QED) is 0.756. The van der Waals surface area contributed by atoms with Gasteiger partial charge in [0.15, 0.2) is 5.78 Å². The molecule has 1 aliphatic heterocycles. The summed E-state index contributed by atoms with van der Waals surface area (Å²) in [5.74, 6) is -0.605. The van der Waals surface area contributed by atoms with Gasteiger partial charge in [-0.2, -0.15) is 0 Å². The fraction of sp³-hybridized carbons (Fsp3) is 0.118. The van der Waals surface area contributed by atoms with Crippen molar-refractivity contribution in [3.05, 3.63) is 58.7 Å². The molecule has 0 saturated heterocycles. The van der Waals surface area contributed by atoms with Gasteiger partial charge in [-0.15, -0.1) is 0 Å². The van der Waals surface area contributed by atoms with Gasteiger partial charge in [0.25, 0.3) is 0 Å². The Labute approximate surface area is 126 Å². The van der Waals surface area contributed by atoms with Crippen LogP contribution in [-0.2, 0) is 0 Å². The van der Waals surface area contributed by atoms with Crippen LogP contribution >= 0.6 is 0 Å². The number of carbonyl (C=O) groups is 2. The number of hydrogen-bond acceptors (Lipinski definition) is 4. The minimum absolute atomic E-state index is 0.0403. The highest BCUT2D eigenvalue weighted by atomic mass is 16.4. The number of carboxylic acid groups (broad SMARTS) is 1. The van der Waals surface area contributed by atoms with Gasteiger partial charge in [-0.05, 0) is 17.7 Å². The summed E-state index contributed by atoms with van der Waals surface area (Å²) in [4.78, 5) is 28.6. The van der Waals surface area contributed by atoms with E-state index in [0.717, 1.165) is 23.5 Å². The molecule has 2 N–H and O–H groups in total. The molecule has 0 saturated carbocycles. The minimum Gasteiger partial charge on any atom is -0.478 e. The van der Waals surface area contributed by atoms with Crippen molar-refractivity contribution in [3.8, 4) is 11.1 Å². The van der Waals surface area contributed by atoms with Crippen molar-refractivity contribution >= 4 is 17.6 Å². The van der Waals surface area contributed by atoms with Crippen molar-refractivity contribution in [2.75, 3.05) is 13.1 Å². The number of aliphatic imine (C=N–C) groups is 1. The Morgan fingerprint density at radius 1 is 1.05 bits per heavy atom. The number of ketones is 1. The fourth-order valence-corrected chi connectivity index (χ4v) is 3.11. The van der Waals surface area contributed by atoms with E-state index in [-0.39, 0.29) is 16.9 Å². The highest BCUT2D eigenvalue weighted by Gasteiger charge is 2.34. The molecule has 108 valence electrons. The second kappa shape index (κ2) is 4.53. The van der Waals surface area contributed by atoms with E-state index in [4.69, 9.17) is 0 Å². The topological polar surface area (TPSA) is 78.8 Å². The van der Waals surface area contributed by atoms with Crippen LogP contribution in [0.25, 0.3) is 11.1 Å². The van der Waals surface area contributed by atoms with E-state index in [0.29, 0.717) is 17.7 Å². The number of nitrogens with one attached hydrogen (secondary N) is 1. The average molecular weight is 292 g/mol. The second-order valence-electron chi connectivity index (χ2n) is 5.25. The molecule has 1 aliphatic carbocycles. The summed E-state index contributed by atoms with van der Waals surface area (Å²) in [5, 5.41) is 12.6. The summed E-state index contributed by atoms with van der Waals surface area (Å²) < 4.78 is 0. The third-order valence-corrected chi connectivity index (χ3v) is 4.03. The van der Waals surface area contributed by atoms with Crippen LogP contribution < -0.4 is 5.32 Å². The zero-order valence-corrected chi connectivity index (χ0v) is 11.6. The Morgan fingerprint density at radius 3 is 2.50 bits per heavy atom. The molecule has 5 heteroatoms. The first kappa shape index (κ1) is 12.8. The highest BCUT2D eigenvalue weighted by Crippen LogP contribution is 2.40. The summed E-state index contributed by atoms with van der Waals surface area (Å²) in [6.07, 6.45) is 0. The molecule has 2 aliphatic rings. The van der Waals surface area contributed by atoms with Gasteiger partial charge in [0.05, 0.1) is 12.1 Å². The van der Waals surface area contributed by atoms with Crippen LogP contribution in [0.15, 0.2) is 41.4 Å². The van der Waals surface area contributed by atoms with Crippen LogP contribution in [0.4, 0.5) is 0 Å². The Hall–Kier alpha value is -2.95. The predicted molar refractivity (Wildman–Crippen MR) is 81.7 cm³/mol. The number of fused-ring (bicyclic) bond motifs is 3. The molecule has 0 unspecified atom stereocenters. The van der Waals surface area contributed by atoms with Crippen molar-refractivity contribution in [1.29, 1.82) is 0 Å². The summed E-state index contributed by atoms with van der Waals surface area (Å²) in [7, 11) is 0. The maximum absolute atomic E-state index is 12.7. The lowest BCUT2D eigenvalue weighted by atomic mass is 9.94. The van der Waals surface area contributed by atoms with Crippen molar-refractivity contribution in [3.63, 3.8) is 0 Å². The van der Waals surface area contributed by atoms with Crippen LogP contribution in [0.2, 0.25) is 0 Å². The van der Waals surface area contributed by atoms with Crippen LogP contribution in [0.5, 0.6) is 0 Å². The number of carboxylic acids is 1. The Morgan fingerprint density at radius 2 is 1.82 bits per heavy atom. The zero-order valence-electron chi connectivity index (χ0n) is 11.6. The Kier molecular flexibility index (Phi) is 2.63. The third-order valence-electron chi connectivity index (χ3n) is 4.03. The van der Waals surface area contributed by atoms with E-state index < -0.39 is 5.97 Å². The first-order valence-electron chi connectivity index (χ1n) is 7.01. The Balaban J connectivity index is 2.08. The van der Waals surface area contributed by atoms with Crippen LogP contribution in [0.1, 0.15) is 31.8 Å². The Bertz CT molecular complexity index is 868. The minimum atomic E-state index is -1.09. The molecule has 0 amide bonds. The maximum Gasteiger partial charge on any atom is 0.336 e. The zero-order chi connectivity index (χ0) is 15.3. The number of aromatic carboxylic acids is 1. The fourth-order valence-electron chi connectivity index (χ4n) is 3.11. The van der Waals surface area contributed by atoms with Crippen molar-refractivity contribution in [2.45, 2.75) is 0 Å². The molecule has 1 heterocycles. The highest BCUT2D eigenvalue weighted by molar-refractivity contribution is 6.28. The van der Waals surface area contributed by atoms with Crippen LogP contribution in [0.3, 0.4) is 0 Å². The van der Waals surface area contributed by atoms with Gasteiger partial charge in [0, 0.05) is 28.8 Å². The van der Waals surface area contributed by atoms with E-state index >= 15 is 0 Å². The van der Waals surface area contributed by atoms with Gasteiger partial charge in [0.1, 0.15) is 5.84 Å². The lowest BCUT2D eigenvalue weighted by Gasteiger charge is -2.11. The van der Waals surface area contributed by atoms with Crippen molar-refractivity contribution in [1.82, 2.24) is 5.32 Å². The molecule has 4 rings (SSSR count). The van der Waals surface area contributed by atoms with E-state index in [1.54, 1.807) is 18.2 Å². The molecule has 0 spiro atoms. The van der Waals surface area contributed by atoms with Gasteiger partial charge in [0.2, 0.25) is 0 Å². The van der Waals surface area contributed by atoms with Gasteiger partial charge in [-0.1, -0.05) is 24.3 Å². The van der Waals surface area contributed by atoms with Gasteiger partial charge in [-0.3, -0.25) is 9.79 Å². The first-order valence-corrected chi connectivity index (χ1v) is 7.01. The molecule has 0 atom stereocenters. The number of nitrogens with zero attached hydrogens (tertiary/aromatic N) is 1. The molecule has 5 nitrogen and oxygen atoms in total. The SMILES string of the molecule is O=C(O)c1ccc(C2=NCCN2)c2c1C(=O)c1ccccc1-2. The number of carbonyl (C=O) groups excluding carboxylic acids is 1. The molecule has 0 aromatic heterocycles. The predicted octanol–water partition coefficient (Wildman–Crippen LogP) is 1.95. The molecular weight excluding hydrogens is 280 g/mol. The number of amidine groups is 1. The summed E-state index contributed by atoms with van der Waals surface area (Å²) in [5.41, 5.74) is 3.09. The van der Waals surface area contributed by atoms with Gasteiger partial charge >= 0.3 is 5.97 Å². The third kappa shape index (κ3) is 1.62. The van der Waals surface area contributed by atoms with E-state index in [9.17, 15) is 14.7 Å². The number of hydrogen-bond donors (Lipinski definition) is 2. The van der Waals surface area contributed by atoms with Gasteiger partial charge in [-0.25, -0.2) is 4.79 Å². The van der Waals surface area contributed by atoms with Crippen molar-refractivity contribution < 1.29 is 14.7 Å². The first-order chi connectivity index (χ1) is 10.7. The summed E-state index contributed by atoms with van der Waals surface area (Å²) in [6.45, 7) is 1.43. The van der Waals surface area contributed by atoms with Crippen molar-refractivity contribution in [2.24, 2.45) is 4.99 Å². The number of rotatable bonds is 2. The smallest absolute Gasteiger partial charge is 0.336 e. The molecule has 2 aromatic carbocycles. The van der Waals surface area contributed by atoms with Gasteiger partial charge < -0.3 is 10.4 Å². The largest absolute Gasteiger partial charge is 0.478 e. The van der Waals surface area contributed by atoms with E-state index in [1.807, 2.05) is 12.1 Å². The van der Waals surface area contributed by atoms with Crippen LogP contribution in [-0.4, -0.2) is 35.8 Å². The normalized spacial score (nSPS) is 15.1. The monoisotopic (exact) mass is 292 g/mol. The molecule has 0 radical (unpaired) electrons. The summed E-state index contributed by atoms with van der Waals surface area (Å²) in [6, 6.07) is 10.4. The van der Waals surface area contributed by atoms with E-state index in [1.165, 1.54) is 6.07 Å². The average Bonchev–Trinajstić information content (AvgIpc) is 3.15. The number of benzene rings is 2. The molecule has 22 heavy (non-hydrogen) atoms. The van der Waals surface area contributed by atoms with E-state index in [2.05, 4.69) is 10.3 Å².